The summed E-state index contributed by atoms with van der Waals surface area (Å²) < 4.78 is 16.8. The first-order valence-corrected chi connectivity index (χ1v) is 27.4. The van der Waals surface area contributed by atoms with E-state index in [-0.39, 0.29) is 37.5 Å². The van der Waals surface area contributed by atoms with Crippen molar-refractivity contribution in [1.82, 2.24) is 0 Å². The largest absolute Gasteiger partial charge is 0.462 e. The van der Waals surface area contributed by atoms with Crippen LogP contribution in [0, 0.1) is 0 Å². The molecule has 1 atom stereocenters. The molecule has 0 amide bonds. The molecule has 0 saturated heterocycles. The SMILES string of the molecule is CC/C=C\C/C=C\C/C=C\C/C=C\C/C=C\C/C=C\CCC(=O)OC[C@@H](COC(=O)CCCCCCCCCCCCCCCC)OC(=O)CCCCCCCCCCCCCCCC. The summed E-state index contributed by atoms with van der Waals surface area (Å²) in [7, 11) is 0. The van der Waals surface area contributed by atoms with Gasteiger partial charge in [0, 0.05) is 19.3 Å². The lowest BCUT2D eigenvalue weighted by Crippen LogP contribution is -2.30. The predicted octanol–water partition coefficient (Wildman–Crippen LogP) is 18.2. The molecule has 65 heavy (non-hydrogen) atoms. The highest BCUT2D eigenvalue weighted by Crippen LogP contribution is 2.16. The van der Waals surface area contributed by atoms with Gasteiger partial charge in [-0.1, -0.05) is 261 Å². The van der Waals surface area contributed by atoms with E-state index < -0.39 is 6.10 Å². The number of ether oxygens (including phenoxy) is 3. The van der Waals surface area contributed by atoms with Crippen molar-refractivity contribution >= 4 is 17.9 Å². The van der Waals surface area contributed by atoms with Crippen molar-refractivity contribution in [3.8, 4) is 0 Å². The fourth-order valence-corrected chi connectivity index (χ4v) is 7.65. The topological polar surface area (TPSA) is 78.9 Å². The zero-order valence-corrected chi connectivity index (χ0v) is 42.7. The van der Waals surface area contributed by atoms with Gasteiger partial charge in [-0.25, -0.2) is 0 Å². The molecule has 0 unspecified atom stereocenters. The lowest BCUT2D eigenvalue weighted by Gasteiger charge is -2.18. The van der Waals surface area contributed by atoms with Crippen LogP contribution in [0.5, 0.6) is 0 Å². The Labute approximate surface area is 402 Å². The molecule has 6 heteroatoms. The predicted molar refractivity (Wildman–Crippen MR) is 279 cm³/mol. The van der Waals surface area contributed by atoms with Gasteiger partial charge in [-0.15, -0.1) is 0 Å². The van der Waals surface area contributed by atoms with Crippen LogP contribution in [0.25, 0.3) is 0 Å². The summed E-state index contributed by atoms with van der Waals surface area (Å²) in [4.78, 5) is 38.0. The smallest absolute Gasteiger partial charge is 0.306 e. The molecule has 0 aromatic heterocycles. The molecule has 6 nitrogen and oxygen atoms in total. The van der Waals surface area contributed by atoms with Crippen LogP contribution in [-0.2, 0) is 28.6 Å². The summed E-state index contributed by atoms with van der Waals surface area (Å²) in [5, 5.41) is 0. The van der Waals surface area contributed by atoms with E-state index in [9.17, 15) is 14.4 Å². The minimum atomic E-state index is -0.802. The van der Waals surface area contributed by atoms with Crippen LogP contribution in [0.3, 0.4) is 0 Å². The number of carbonyl (C=O) groups is 3. The maximum atomic E-state index is 12.8. The van der Waals surface area contributed by atoms with Gasteiger partial charge in [0.15, 0.2) is 6.10 Å². The van der Waals surface area contributed by atoms with Gasteiger partial charge < -0.3 is 14.2 Å². The monoisotopic (exact) mass is 907 g/mol. The van der Waals surface area contributed by atoms with Gasteiger partial charge in [0.2, 0.25) is 0 Å². The van der Waals surface area contributed by atoms with E-state index in [0.29, 0.717) is 19.3 Å². The third-order valence-corrected chi connectivity index (χ3v) is 11.7. The normalized spacial score (nSPS) is 12.6. The zero-order chi connectivity index (χ0) is 47.2. The van der Waals surface area contributed by atoms with Gasteiger partial charge in [0.05, 0.1) is 0 Å². The molecule has 0 aromatic rings. The standard InChI is InChI=1S/C59H102O6/c1-4-7-10-13-16-19-22-25-28-29-30-31-32-35-37-40-43-46-49-52-58(61)64-55-56(65-59(62)53-50-47-44-41-38-34-27-24-21-18-15-12-9-6-3)54-63-57(60)51-48-45-42-39-36-33-26-23-20-17-14-11-8-5-2/h7,10,16,19,25,28,30-31,35,37,43,46,56H,4-6,8-9,11-15,17-18,20-24,26-27,29,32-34,36,38-42,44-45,47-55H2,1-3H3/b10-7-,19-16-,28-25-,31-30-,37-35-,46-43-/t56-/m1/s1. The fraction of sp³-hybridized carbons (Fsp3) is 0.746. The van der Waals surface area contributed by atoms with E-state index in [2.05, 4.69) is 87.6 Å². The first-order valence-electron chi connectivity index (χ1n) is 27.4. The molecule has 0 aliphatic heterocycles. The molecule has 0 aromatic carbocycles. The lowest BCUT2D eigenvalue weighted by molar-refractivity contribution is -0.166. The van der Waals surface area contributed by atoms with Gasteiger partial charge in [-0.3, -0.25) is 14.4 Å². The highest BCUT2D eigenvalue weighted by molar-refractivity contribution is 5.71. The van der Waals surface area contributed by atoms with Gasteiger partial charge in [-0.2, -0.15) is 0 Å². The Kier molecular flexibility index (Phi) is 50.9. The Balaban J connectivity index is 4.47. The summed E-state index contributed by atoms with van der Waals surface area (Å²) in [5.74, 6) is -0.974. The van der Waals surface area contributed by atoms with Crippen molar-refractivity contribution in [2.45, 2.75) is 271 Å². The third-order valence-electron chi connectivity index (χ3n) is 11.7. The van der Waals surface area contributed by atoms with Crippen LogP contribution in [0.1, 0.15) is 265 Å². The quantitative estimate of drug-likeness (QED) is 0.0262. The Morgan fingerprint density at radius 3 is 0.938 bits per heavy atom. The number of hydrogen-bond donors (Lipinski definition) is 0. The Morgan fingerprint density at radius 1 is 0.323 bits per heavy atom. The van der Waals surface area contributed by atoms with Crippen LogP contribution in [-0.4, -0.2) is 37.2 Å². The average molecular weight is 907 g/mol. The lowest BCUT2D eigenvalue weighted by atomic mass is 10.0. The van der Waals surface area contributed by atoms with Crippen LogP contribution >= 0.6 is 0 Å². The Bertz CT molecular complexity index is 1230. The fourth-order valence-electron chi connectivity index (χ4n) is 7.65. The molecule has 0 spiro atoms. The van der Waals surface area contributed by atoms with Gasteiger partial charge in [0.1, 0.15) is 13.2 Å². The van der Waals surface area contributed by atoms with E-state index in [0.717, 1.165) is 77.0 Å². The minimum absolute atomic E-state index is 0.0949. The number of carbonyl (C=O) groups excluding carboxylic acids is 3. The zero-order valence-electron chi connectivity index (χ0n) is 42.7. The number of allylic oxidation sites excluding steroid dienone is 12. The Morgan fingerprint density at radius 2 is 0.600 bits per heavy atom. The molecule has 0 N–H and O–H groups in total. The second-order valence-corrected chi connectivity index (χ2v) is 18.1. The van der Waals surface area contributed by atoms with Gasteiger partial charge in [-0.05, 0) is 57.8 Å². The van der Waals surface area contributed by atoms with Crippen molar-refractivity contribution < 1.29 is 28.6 Å². The molecule has 0 radical (unpaired) electrons. The van der Waals surface area contributed by atoms with E-state index in [4.69, 9.17) is 14.2 Å². The van der Waals surface area contributed by atoms with E-state index in [1.165, 1.54) is 141 Å². The molecule has 0 bridgehead atoms. The molecule has 374 valence electrons. The number of esters is 3. The van der Waals surface area contributed by atoms with Crippen molar-refractivity contribution in [3.63, 3.8) is 0 Å². The number of hydrogen-bond acceptors (Lipinski definition) is 6. The first-order chi connectivity index (χ1) is 32.0. The molecule has 0 rings (SSSR count). The highest BCUT2D eigenvalue weighted by atomic mass is 16.6. The molecule has 0 heterocycles. The van der Waals surface area contributed by atoms with Crippen molar-refractivity contribution in [1.29, 1.82) is 0 Å². The summed E-state index contributed by atoms with van der Waals surface area (Å²) >= 11 is 0. The second-order valence-electron chi connectivity index (χ2n) is 18.1. The van der Waals surface area contributed by atoms with Crippen molar-refractivity contribution in [3.05, 3.63) is 72.9 Å². The molecule has 0 saturated carbocycles. The summed E-state index contributed by atoms with van der Waals surface area (Å²) in [5.41, 5.74) is 0. The second kappa shape index (κ2) is 53.5. The van der Waals surface area contributed by atoms with Crippen LogP contribution < -0.4 is 0 Å². The Hall–Kier alpha value is -3.15. The molecular weight excluding hydrogens is 805 g/mol. The van der Waals surface area contributed by atoms with Crippen LogP contribution in [0.4, 0.5) is 0 Å². The van der Waals surface area contributed by atoms with Crippen LogP contribution in [0.15, 0.2) is 72.9 Å². The van der Waals surface area contributed by atoms with E-state index in [1.54, 1.807) is 0 Å². The molecular formula is C59H102O6. The van der Waals surface area contributed by atoms with Crippen molar-refractivity contribution in [2.75, 3.05) is 13.2 Å². The number of rotatable bonds is 49. The maximum absolute atomic E-state index is 12.8. The first kappa shape index (κ1) is 61.9. The van der Waals surface area contributed by atoms with Gasteiger partial charge >= 0.3 is 17.9 Å². The summed E-state index contributed by atoms with van der Waals surface area (Å²) in [6.45, 7) is 6.48. The molecule has 0 aliphatic carbocycles. The molecule has 0 aliphatic rings. The van der Waals surface area contributed by atoms with Crippen molar-refractivity contribution in [2.24, 2.45) is 0 Å². The highest BCUT2D eigenvalue weighted by Gasteiger charge is 2.19. The summed E-state index contributed by atoms with van der Waals surface area (Å²) in [6, 6.07) is 0. The van der Waals surface area contributed by atoms with E-state index >= 15 is 0 Å². The minimum Gasteiger partial charge on any atom is -0.462 e. The van der Waals surface area contributed by atoms with E-state index in [1.807, 2.05) is 6.08 Å². The third kappa shape index (κ3) is 51.7. The summed E-state index contributed by atoms with van der Waals surface area (Å²) in [6.07, 6.45) is 67.5. The number of unbranched alkanes of at least 4 members (excludes halogenated alkanes) is 26. The molecule has 0 fully saturated rings. The van der Waals surface area contributed by atoms with Gasteiger partial charge in [0.25, 0.3) is 0 Å². The van der Waals surface area contributed by atoms with Crippen LogP contribution in [0.2, 0.25) is 0 Å². The maximum Gasteiger partial charge on any atom is 0.306 e. The average Bonchev–Trinajstić information content (AvgIpc) is 3.30.